The van der Waals surface area contributed by atoms with Gasteiger partial charge in [-0.25, -0.2) is 0 Å². The van der Waals surface area contributed by atoms with Crippen molar-refractivity contribution in [3.05, 3.63) is 23.8 Å². The van der Waals surface area contributed by atoms with Gasteiger partial charge in [0.15, 0.2) is 5.78 Å². The van der Waals surface area contributed by atoms with E-state index in [0.717, 1.165) is 19.3 Å². The Hall–Kier alpha value is -0.890. The second-order valence-corrected chi connectivity index (χ2v) is 6.14. The molecule has 0 aromatic rings. The zero-order chi connectivity index (χ0) is 13.3. The molecule has 0 radical (unpaired) electrons. The monoisotopic (exact) mass is 248 g/mol. The number of hydrogen-bond acceptors (Lipinski definition) is 2. The van der Waals surface area contributed by atoms with E-state index < -0.39 is 0 Å². The Morgan fingerprint density at radius 2 is 2.28 bits per heavy atom. The minimum Gasteiger partial charge on any atom is -0.392 e. The summed E-state index contributed by atoms with van der Waals surface area (Å²) >= 11 is 0. The van der Waals surface area contributed by atoms with E-state index in [9.17, 15) is 9.90 Å². The summed E-state index contributed by atoms with van der Waals surface area (Å²) in [4.78, 5) is 12.2. The van der Waals surface area contributed by atoms with E-state index in [1.165, 1.54) is 12.0 Å². The second-order valence-electron chi connectivity index (χ2n) is 6.14. The number of Topliss-reactive ketones (excluding diaryl/α,β-unsaturated/α-hetero) is 1. The number of carbonyl (C=O) groups excluding carboxylic acids is 1. The van der Waals surface area contributed by atoms with Crippen LogP contribution in [0.25, 0.3) is 0 Å². The fraction of sp³-hybridized carbons (Fsp3) is 0.688. The molecular weight excluding hydrogens is 224 g/mol. The zero-order valence-electron chi connectivity index (χ0n) is 11.5. The topological polar surface area (TPSA) is 37.3 Å². The van der Waals surface area contributed by atoms with Crippen LogP contribution < -0.4 is 0 Å². The van der Waals surface area contributed by atoms with Gasteiger partial charge in [0.2, 0.25) is 0 Å². The average Bonchev–Trinajstić information content (AvgIpc) is 2.40. The number of aliphatic hydroxyl groups excluding tert-OH is 1. The second kappa shape index (κ2) is 5.00. The highest BCUT2D eigenvalue weighted by Gasteiger charge is 2.50. The van der Waals surface area contributed by atoms with Gasteiger partial charge in [-0.15, -0.1) is 0 Å². The molecule has 3 unspecified atom stereocenters. The summed E-state index contributed by atoms with van der Waals surface area (Å²) in [6.07, 6.45) is 6.58. The Labute approximate surface area is 110 Å². The van der Waals surface area contributed by atoms with Gasteiger partial charge in [0, 0.05) is 12.0 Å². The standard InChI is InChI=1S/C16H24O2/c1-4-16(3)9-13-11(2)6-5-7-12(10-17)15(18)8-14(13)16/h7,13-14,17H,2,4-6,8-10H2,1,3H3. The van der Waals surface area contributed by atoms with Gasteiger partial charge in [0.25, 0.3) is 0 Å². The van der Waals surface area contributed by atoms with Crippen LogP contribution in [-0.2, 0) is 4.79 Å². The summed E-state index contributed by atoms with van der Waals surface area (Å²) in [6, 6.07) is 0. The van der Waals surface area contributed by atoms with E-state index in [1.54, 1.807) is 0 Å². The van der Waals surface area contributed by atoms with Crippen molar-refractivity contribution < 1.29 is 9.90 Å². The Kier molecular flexibility index (Phi) is 3.76. The molecule has 2 aliphatic carbocycles. The van der Waals surface area contributed by atoms with Gasteiger partial charge >= 0.3 is 0 Å². The van der Waals surface area contributed by atoms with Crippen molar-refractivity contribution in [2.45, 2.75) is 46.0 Å². The molecule has 2 nitrogen and oxygen atoms in total. The summed E-state index contributed by atoms with van der Waals surface area (Å²) in [5.74, 6) is 1.09. The maximum Gasteiger partial charge on any atom is 0.161 e. The van der Waals surface area contributed by atoms with Gasteiger partial charge in [-0.05, 0) is 36.5 Å². The number of fused-ring (bicyclic) bond motifs is 1. The smallest absolute Gasteiger partial charge is 0.161 e. The molecule has 0 saturated heterocycles. The predicted octanol–water partition coefficient (Wildman–Crippen LogP) is 3.27. The normalized spacial score (nSPS) is 36.9. The van der Waals surface area contributed by atoms with Crippen molar-refractivity contribution in [3.8, 4) is 0 Å². The van der Waals surface area contributed by atoms with Crippen LogP contribution >= 0.6 is 0 Å². The van der Waals surface area contributed by atoms with E-state index in [0.29, 0.717) is 23.8 Å². The van der Waals surface area contributed by atoms with Crippen LogP contribution in [0.2, 0.25) is 0 Å². The molecule has 1 fully saturated rings. The SMILES string of the molecule is C=C1CCC=C(CO)C(=O)CC2C1CC2(C)CC. The lowest BCUT2D eigenvalue weighted by Crippen LogP contribution is -2.47. The number of hydrogen-bond donors (Lipinski definition) is 1. The molecule has 1 saturated carbocycles. The lowest BCUT2D eigenvalue weighted by atomic mass is 9.50. The van der Waals surface area contributed by atoms with Crippen molar-refractivity contribution in [2.75, 3.05) is 6.61 Å². The zero-order valence-corrected chi connectivity index (χ0v) is 11.5. The minimum absolute atomic E-state index is 0.120. The molecule has 0 aromatic heterocycles. The number of aliphatic hydroxyl groups is 1. The van der Waals surface area contributed by atoms with Crippen molar-refractivity contribution in [1.29, 1.82) is 0 Å². The lowest BCUT2D eigenvalue weighted by molar-refractivity contribution is -0.121. The largest absolute Gasteiger partial charge is 0.392 e. The summed E-state index contributed by atoms with van der Waals surface area (Å²) in [7, 11) is 0. The first-order valence-corrected chi connectivity index (χ1v) is 7.02. The van der Waals surface area contributed by atoms with Crippen molar-refractivity contribution >= 4 is 5.78 Å². The first-order valence-electron chi connectivity index (χ1n) is 7.02. The third-order valence-electron chi connectivity index (χ3n) is 5.19. The molecule has 0 aliphatic heterocycles. The predicted molar refractivity (Wildman–Crippen MR) is 73.2 cm³/mol. The van der Waals surface area contributed by atoms with Gasteiger partial charge in [-0.3, -0.25) is 4.79 Å². The van der Waals surface area contributed by atoms with E-state index in [4.69, 9.17) is 0 Å². The molecule has 1 N–H and O–H groups in total. The quantitative estimate of drug-likeness (QED) is 0.762. The summed E-state index contributed by atoms with van der Waals surface area (Å²) in [6.45, 7) is 8.59. The molecule has 3 atom stereocenters. The van der Waals surface area contributed by atoms with Crippen LogP contribution in [0.5, 0.6) is 0 Å². The third kappa shape index (κ3) is 2.18. The third-order valence-corrected chi connectivity index (χ3v) is 5.19. The first-order chi connectivity index (χ1) is 8.51. The first kappa shape index (κ1) is 13.5. The van der Waals surface area contributed by atoms with Gasteiger partial charge in [0.05, 0.1) is 6.61 Å². The molecule has 2 aliphatic rings. The maximum absolute atomic E-state index is 12.2. The molecule has 2 rings (SSSR count). The van der Waals surface area contributed by atoms with E-state index in [-0.39, 0.29) is 17.8 Å². The molecule has 0 amide bonds. The number of rotatable bonds is 2. The highest BCUT2D eigenvalue weighted by molar-refractivity contribution is 5.95. The molecule has 100 valence electrons. The van der Waals surface area contributed by atoms with Crippen molar-refractivity contribution in [2.24, 2.45) is 17.3 Å². The van der Waals surface area contributed by atoms with E-state index in [2.05, 4.69) is 20.4 Å². The lowest BCUT2D eigenvalue weighted by Gasteiger charge is -2.54. The Morgan fingerprint density at radius 1 is 1.56 bits per heavy atom. The summed E-state index contributed by atoms with van der Waals surface area (Å²) in [5.41, 5.74) is 2.19. The highest BCUT2D eigenvalue weighted by Crippen LogP contribution is 2.58. The fourth-order valence-electron chi connectivity index (χ4n) is 3.56. The molecule has 0 bridgehead atoms. The van der Waals surface area contributed by atoms with Crippen molar-refractivity contribution in [1.82, 2.24) is 0 Å². The average molecular weight is 248 g/mol. The van der Waals surface area contributed by atoms with Crippen LogP contribution in [0, 0.1) is 17.3 Å². The Balaban J connectivity index is 2.23. The molecule has 18 heavy (non-hydrogen) atoms. The van der Waals surface area contributed by atoms with Crippen LogP contribution in [0.3, 0.4) is 0 Å². The van der Waals surface area contributed by atoms with Gasteiger partial charge in [-0.1, -0.05) is 38.5 Å². The Morgan fingerprint density at radius 3 is 2.89 bits per heavy atom. The highest BCUT2D eigenvalue weighted by atomic mass is 16.3. The molecule has 0 aromatic carbocycles. The summed E-state index contributed by atoms with van der Waals surface area (Å²) in [5, 5.41) is 9.28. The number of ketones is 1. The Bertz CT molecular complexity index is 394. The summed E-state index contributed by atoms with van der Waals surface area (Å²) < 4.78 is 0. The van der Waals surface area contributed by atoms with Crippen LogP contribution in [0.4, 0.5) is 0 Å². The molecule has 2 heteroatoms. The van der Waals surface area contributed by atoms with Crippen LogP contribution in [-0.4, -0.2) is 17.5 Å². The van der Waals surface area contributed by atoms with Gasteiger partial charge < -0.3 is 5.11 Å². The van der Waals surface area contributed by atoms with E-state index >= 15 is 0 Å². The minimum atomic E-state index is -0.120. The number of carbonyl (C=O) groups is 1. The molecule has 0 spiro atoms. The maximum atomic E-state index is 12.2. The van der Waals surface area contributed by atoms with Gasteiger partial charge in [-0.2, -0.15) is 0 Å². The van der Waals surface area contributed by atoms with E-state index in [1.807, 2.05) is 6.08 Å². The number of allylic oxidation sites excluding steroid dienone is 2. The van der Waals surface area contributed by atoms with Crippen LogP contribution in [0.15, 0.2) is 23.8 Å². The molecule has 0 heterocycles. The van der Waals surface area contributed by atoms with Crippen molar-refractivity contribution in [3.63, 3.8) is 0 Å². The van der Waals surface area contributed by atoms with Crippen LogP contribution in [0.1, 0.15) is 46.0 Å². The molecular formula is C16H24O2. The van der Waals surface area contributed by atoms with Gasteiger partial charge in [0.1, 0.15) is 0 Å². The fourth-order valence-corrected chi connectivity index (χ4v) is 3.56.